The van der Waals surface area contributed by atoms with E-state index in [4.69, 9.17) is 4.74 Å². The van der Waals surface area contributed by atoms with E-state index in [0.29, 0.717) is 18.8 Å². The second-order valence-corrected chi connectivity index (χ2v) is 5.59. The number of pyridine rings is 1. The SMILES string of the molecule is COC1(CO)CCCN(C(=O)Nc2cnn3ccccc23)C1. The summed E-state index contributed by atoms with van der Waals surface area (Å²) in [4.78, 5) is 14.1. The van der Waals surface area contributed by atoms with Gasteiger partial charge in [-0.25, -0.2) is 9.31 Å². The van der Waals surface area contributed by atoms with Crippen molar-refractivity contribution in [1.82, 2.24) is 14.5 Å². The number of nitrogens with one attached hydrogen (secondary N) is 1. The number of methoxy groups -OCH3 is 1. The fraction of sp³-hybridized carbons (Fsp3) is 0.467. The predicted octanol–water partition coefficient (Wildman–Crippen LogP) is 1.34. The van der Waals surface area contributed by atoms with Crippen LogP contribution in [0, 0.1) is 0 Å². The summed E-state index contributed by atoms with van der Waals surface area (Å²) in [6, 6.07) is 5.47. The van der Waals surface area contributed by atoms with Crippen molar-refractivity contribution in [3.8, 4) is 0 Å². The molecule has 2 aromatic heterocycles. The lowest BCUT2D eigenvalue weighted by Gasteiger charge is -2.40. The van der Waals surface area contributed by atoms with Gasteiger partial charge in [-0.05, 0) is 25.0 Å². The topological polar surface area (TPSA) is 79.1 Å². The summed E-state index contributed by atoms with van der Waals surface area (Å²) in [7, 11) is 1.57. The zero-order chi connectivity index (χ0) is 15.6. The molecule has 1 saturated heterocycles. The van der Waals surface area contributed by atoms with Crippen molar-refractivity contribution in [2.24, 2.45) is 0 Å². The van der Waals surface area contributed by atoms with Gasteiger partial charge >= 0.3 is 6.03 Å². The van der Waals surface area contributed by atoms with Gasteiger partial charge in [-0.1, -0.05) is 6.07 Å². The monoisotopic (exact) mass is 304 g/mol. The van der Waals surface area contributed by atoms with Crippen LogP contribution in [0.5, 0.6) is 0 Å². The van der Waals surface area contributed by atoms with E-state index in [1.54, 1.807) is 22.7 Å². The molecule has 7 nitrogen and oxygen atoms in total. The maximum absolute atomic E-state index is 12.5. The van der Waals surface area contributed by atoms with E-state index < -0.39 is 5.60 Å². The van der Waals surface area contributed by atoms with Gasteiger partial charge < -0.3 is 20.1 Å². The number of rotatable bonds is 3. The molecule has 1 aliphatic rings. The minimum absolute atomic E-state index is 0.0933. The van der Waals surface area contributed by atoms with Crippen LogP contribution in [0.4, 0.5) is 10.5 Å². The number of ether oxygens (including phenoxy) is 1. The van der Waals surface area contributed by atoms with Gasteiger partial charge in [0.25, 0.3) is 0 Å². The molecule has 0 radical (unpaired) electrons. The Kier molecular flexibility index (Phi) is 4.00. The molecule has 1 fully saturated rings. The smallest absolute Gasteiger partial charge is 0.322 e. The summed E-state index contributed by atoms with van der Waals surface area (Å²) in [6.45, 7) is 0.936. The molecular formula is C15H20N4O3. The summed E-state index contributed by atoms with van der Waals surface area (Å²) in [5.74, 6) is 0. The van der Waals surface area contributed by atoms with Gasteiger partial charge in [-0.2, -0.15) is 5.10 Å². The molecule has 3 rings (SSSR count). The number of aliphatic hydroxyl groups is 1. The number of carbonyl (C=O) groups is 1. The lowest BCUT2D eigenvalue weighted by Crippen LogP contribution is -2.54. The Morgan fingerprint density at radius 2 is 2.41 bits per heavy atom. The number of amides is 2. The minimum atomic E-state index is -0.656. The lowest BCUT2D eigenvalue weighted by molar-refractivity contribution is -0.0858. The second kappa shape index (κ2) is 5.94. The van der Waals surface area contributed by atoms with E-state index in [0.717, 1.165) is 18.4 Å². The number of anilines is 1. The number of aliphatic hydroxyl groups excluding tert-OH is 1. The first-order valence-corrected chi connectivity index (χ1v) is 7.32. The maximum Gasteiger partial charge on any atom is 0.322 e. The number of piperidine rings is 1. The van der Waals surface area contributed by atoms with Gasteiger partial charge in [-0.3, -0.25) is 0 Å². The summed E-state index contributed by atoms with van der Waals surface area (Å²) in [6.07, 6.45) is 5.01. The molecule has 3 heterocycles. The molecule has 0 bridgehead atoms. The van der Waals surface area contributed by atoms with Gasteiger partial charge in [0.2, 0.25) is 0 Å². The number of hydrogen-bond acceptors (Lipinski definition) is 4. The molecule has 1 unspecified atom stereocenters. The van der Waals surface area contributed by atoms with Crippen LogP contribution in [0.2, 0.25) is 0 Å². The van der Waals surface area contributed by atoms with Crippen LogP contribution in [-0.2, 0) is 4.74 Å². The minimum Gasteiger partial charge on any atom is -0.393 e. The number of nitrogens with zero attached hydrogens (tertiary/aromatic N) is 3. The summed E-state index contributed by atoms with van der Waals surface area (Å²) >= 11 is 0. The normalized spacial score (nSPS) is 22.0. The van der Waals surface area contributed by atoms with E-state index in [2.05, 4.69) is 10.4 Å². The molecule has 118 valence electrons. The highest BCUT2D eigenvalue weighted by atomic mass is 16.5. The molecule has 1 atom stereocenters. The maximum atomic E-state index is 12.5. The summed E-state index contributed by atoms with van der Waals surface area (Å²) in [5.41, 5.74) is 0.854. The Morgan fingerprint density at radius 3 is 3.18 bits per heavy atom. The van der Waals surface area contributed by atoms with Crippen molar-refractivity contribution in [3.63, 3.8) is 0 Å². The molecule has 0 aliphatic carbocycles. The van der Waals surface area contributed by atoms with Gasteiger partial charge in [0, 0.05) is 19.9 Å². The molecule has 1 aliphatic heterocycles. The highest BCUT2D eigenvalue weighted by Crippen LogP contribution is 2.25. The largest absolute Gasteiger partial charge is 0.393 e. The lowest BCUT2D eigenvalue weighted by atomic mass is 9.93. The molecule has 0 spiro atoms. The average molecular weight is 304 g/mol. The molecule has 2 amide bonds. The van der Waals surface area contributed by atoms with E-state index in [1.807, 2.05) is 24.4 Å². The first kappa shape index (κ1) is 14.8. The molecule has 7 heteroatoms. The Hall–Kier alpha value is -2.12. The number of hydrogen-bond donors (Lipinski definition) is 2. The first-order chi connectivity index (χ1) is 10.7. The van der Waals surface area contributed by atoms with Crippen LogP contribution in [0.25, 0.3) is 5.52 Å². The van der Waals surface area contributed by atoms with Crippen molar-refractivity contribution in [3.05, 3.63) is 30.6 Å². The average Bonchev–Trinajstić information content (AvgIpc) is 2.98. The van der Waals surface area contributed by atoms with Gasteiger partial charge in [0.05, 0.1) is 30.6 Å². The fourth-order valence-corrected chi connectivity index (χ4v) is 2.86. The number of likely N-dealkylation sites (tertiary alicyclic amines) is 1. The van der Waals surface area contributed by atoms with Crippen LogP contribution in [-0.4, -0.2) is 58.1 Å². The van der Waals surface area contributed by atoms with Crippen LogP contribution in [0.3, 0.4) is 0 Å². The predicted molar refractivity (Wildman–Crippen MR) is 81.8 cm³/mol. The third-order valence-corrected chi connectivity index (χ3v) is 4.22. The highest BCUT2D eigenvalue weighted by Gasteiger charge is 2.36. The Bertz CT molecular complexity index is 666. The number of fused-ring (bicyclic) bond motifs is 1. The van der Waals surface area contributed by atoms with E-state index in [9.17, 15) is 9.90 Å². The Labute approximate surface area is 128 Å². The third-order valence-electron chi connectivity index (χ3n) is 4.22. The van der Waals surface area contributed by atoms with Gasteiger partial charge in [0.15, 0.2) is 0 Å². The summed E-state index contributed by atoms with van der Waals surface area (Å²) in [5, 5.41) is 16.6. The van der Waals surface area contributed by atoms with Crippen molar-refractivity contribution in [2.45, 2.75) is 18.4 Å². The molecule has 2 N–H and O–H groups in total. The number of carbonyl (C=O) groups excluding carboxylic acids is 1. The van der Waals surface area contributed by atoms with Crippen LogP contribution < -0.4 is 5.32 Å². The quantitative estimate of drug-likeness (QED) is 0.897. The van der Waals surface area contributed by atoms with Crippen molar-refractivity contribution < 1.29 is 14.6 Å². The highest BCUT2D eigenvalue weighted by molar-refractivity contribution is 5.93. The fourth-order valence-electron chi connectivity index (χ4n) is 2.86. The van der Waals surface area contributed by atoms with E-state index in [-0.39, 0.29) is 12.6 Å². The van der Waals surface area contributed by atoms with Crippen molar-refractivity contribution in [1.29, 1.82) is 0 Å². The molecule has 22 heavy (non-hydrogen) atoms. The standard InChI is InChI=1S/C15H20N4O3/c1-22-15(11-20)6-4-7-18(10-15)14(21)17-12-9-16-19-8-3-2-5-13(12)19/h2-3,5,8-9,20H,4,6-7,10-11H2,1H3,(H,17,21). The van der Waals surface area contributed by atoms with Crippen molar-refractivity contribution in [2.75, 3.05) is 32.1 Å². The molecule has 2 aromatic rings. The van der Waals surface area contributed by atoms with Gasteiger partial charge in [0.1, 0.15) is 5.60 Å². The zero-order valence-corrected chi connectivity index (χ0v) is 12.5. The second-order valence-electron chi connectivity index (χ2n) is 5.59. The molecule has 0 saturated carbocycles. The third kappa shape index (κ3) is 2.65. The zero-order valence-electron chi connectivity index (χ0n) is 12.5. The number of urea groups is 1. The van der Waals surface area contributed by atoms with Gasteiger partial charge in [-0.15, -0.1) is 0 Å². The molecular weight excluding hydrogens is 284 g/mol. The van der Waals surface area contributed by atoms with Crippen LogP contribution in [0.15, 0.2) is 30.6 Å². The Balaban J connectivity index is 1.74. The van der Waals surface area contributed by atoms with Crippen molar-refractivity contribution >= 4 is 17.2 Å². The number of aromatic nitrogens is 2. The van der Waals surface area contributed by atoms with Crippen LogP contribution in [0.1, 0.15) is 12.8 Å². The van der Waals surface area contributed by atoms with Crippen LogP contribution >= 0.6 is 0 Å². The summed E-state index contributed by atoms with van der Waals surface area (Å²) < 4.78 is 7.13. The first-order valence-electron chi connectivity index (χ1n) is 7.32. The molecule has 0 aromatic carbocycles. The van der Waals surface area contributed by atoms with E-state index >= 15 is 0 Å². The Morgan fingerprint density at radius 1 is 1.55 bits per heavy atom. The van der Waals surface area contributed by atoms with E-state index in [1.165, 1.54) is 0 Å².